The van der Waals surface area contributed by atoms with E-state index in [0.29, 0.717) is 29.9 Å². The minimum Gasteiger partial charge on any atom is -0.493 e. The van der Waals surface area contributed by atoms with Gasteiger partial charge in [0.1, 0.15) is 12.2 Å². The minimum atomic E-state index is 0.0131. The van der Waals surface area contributed by atoms with Crippen LogP contribution in [0.25, 0.3) is 0 Å². The molecule has 1 fully saturated rings. The Labute approximate surface area is 126 Å². The second-order valence-electron chi connectivity index (χ2n) is 4.97. The fraction of sp³-hybridized carbons (Fsp3) is 0.625. The van der Waals surface area contributed by atoms with E-state index >= 15 is 0 Å². The molecule has 3 atom stereocenters. The maximum absolute atomic E-state index is 6.12. The highest BCUT2D eigenvalue weighted by Gasteiger charge is 2.43. The van der Waals surface area contributed by atoms with E-state index in [4.69, 9.17) is 18.9 Å². The summed E-state index contributed by atoms with van der Waals surface area (Å²) in [5, 5.41) is 3.42. The normalized spacial score (nSPS) is 24.3. The third-order valence-corrected chi connectivity index (χ3v) is 3.73. The van der Waals surface area contributed by atoms with E-state index in [2.05, 4.69) is 12.2 Å². The summed E-state index contributed by atoms with van der Waals surface area (Å²) in [6, 6.07) is 5.97. The lowest BCUT2D eigenvalue weighted by Gasteiger charge is -2.44. The molecule has 1 aliphatic carbocycles. The highest BCUT2D eigenvalue weighted by molar-refractivity contribution is 5.51. The minimum absolute atomic E-state index is 0.0131. The van der Waals surface area contributed by atoms with Gasteiger partial charge in [0.05, 0.1) is 14.2 Å². The zero-order valence-electron chi connectivity index (χ0n) is 13.2. The van der Waals surface area contributed by atoms with Crippen molar-refractivity contribution >= 4 is 0 Å². The molecule has 0 amide bonds. The fourth-order valence-corrected chi connectivity index (χ4v) is 2.66. The molecule has 0 radical (unpaired) electrons. The van der Waals surface area contributed by atoms with E-state index in [-0.39, 0.29) is 12.2 Å². The molecule has 0 heterocycles. The van der Waals surface area contributed by atoms with E-state index in [1.807, 2.05) is 25.1 Å². The number of rotatable bonds is 8. The van der Waals surface area contributed by atoms with E-state index in [1.165, 1.54) is 0 Å². The quantitative estimate of drug-likeness (QED) is 0.797. The Morgan fingerprint density at radius 3 is 2.33 bits per heavy atom. The largest absolute Gasteiger partial charge is 0.493 e. The Kier molecular flexibility index (Phi) is 5.70. The van der Waals surface area contributed by atoms with Gasteiger partial charge in [-0.3, -0.25) is 0 Å². The van der Waals surface area contributed by atoms with Crippen LogP contribution in [0, 0.1) is 0 Å². The molecule has 2 rings (SSSR count). The van der Waals surface area contributed by atoms with Crippen molar-refractivity contribution in [3.63, 3.8) is 0 Å². The Morgan fingerprint density at radius 2 is 1.81 bits per heavy atom. The molecule has 0 saturated heterocycles. The molecule has 0 aliphatic heterocycles. The molecule has 1 N–H and O–H groups in total. The van der Waals surface area contributed by atoms with Crippen molar-refractivity contribution in [1.82, 2.24) is 5.32 Å². The lowest BCUT2D eigenvalue weighted by molar-refractivity contribution is -0.105. The third-order valence-electron chi connectivity index (χ3n) is 3.73. The van der Waals surface area contributed by atoms with Gasteiger partial charge in [0.2, 0.25) is 5.75 Å². The molecule has 0 aromatic heterocycles. The van der Waals surface area contributed by atoms with Crippen LogP contribution in [0.5, 0.6) is 17.2 Å². The number of likely N-dealkylation sites (N-methyl/N-ethyl adjacent to an activating group) is 1. The molecule has 0 bridgehead atoms. The number of methoxy groups -OCH3 is 2. The number of nitrogens with one attached hydrogen (secondary N) is 1. The van der Waals surface area contributed by atoms with Gasteiger partial charge in [0.25, 0.3) is 0 Å². The molecule has 1 saturated carbocycles. The van der Waals surface area contributed by atoms with E-state index in [9.17, 15) is 0 Å². The van der Waals surface area contributed by atoms with Crippen molar-refractivity contribution in [2.45, 2.75) is 38.5 Å². The van der Waals surface area contributed by atoms with E-state index in [1.54, 1.807) is 14.2 Å². The van der Waals surface area contributed by atoms with Crippen LogP contribution in [0.3, 0.4) is 0 Å². The van der Waals surface area contributed by atoms with Crippen LogP contribution in [-0.4, -0.2) is 45.6 Å². The van der Waals surface area contributed by atoms with Crippen LogP contribution in [0.1, 0.15) is 20.3 Å². The second-order valence-corrected chi connectivity index (χ2v) is 4.97. The Morgan fingerprint density at radius 1 is 1.14 bits per heavy atom. The highest BCUT2D eigenvalue weighted by Crippen LogP contribution is 2.40. The highest BCUT2D eigenvalue weighted by atomic mass is 16.6. The number of hydrogen-bond donors (Lipinski definition) is 1. The van der Waals surface area contributed by atoms with Crippen LogP contribution in [0.4, 0.5) is 0 Å². The summed E-state index contributed by atoms with van der Waals surface area (Å²) in [5.74, 6) is 2.00. The molecule has 3 unspecified atom stereocenters. The van der Waals surface area contributed by atoms with E-state index < -0.39 is 0 Å². The smallest absolute Gasteiger partial charge is 0.203 e. The fourth-order valence-electron chi connectivity index (χ4n) is 2.66. The zero-order valence-corrected chi connectivity index (χ0v) is 13.2. The van der Waals surface area contributed by atoms with Gasteiger partial charge in [0, 0.05) is 19.1 Å². The molecular weight excluding hydrogens is 270 g/mol. The van der Waals surface area contributed by atoms with Crippen molar-refractivity contribution in [3.8, 4) is 17.2 Å². The summed E-state index contributed by atoms with van der Waals surface area (Å²) < 4.78 is 22.7. The van der Waals surface area contributed by atoms with Crippen molar-refractivity contribution in [3.05, 3.63) is 18.2 Å². The van der Waals surface area contributed by atoms with Gasteiger partial charge in [-0.2, -0.15) is 0 Å². The Balaban J connectivity index is 2.11. The second kappa shape index (κ2) is 7.52. The van der Waals surface area contributed by atoms with Crippen LogP contribution in [0.15, 0.2) is 18.2 Å². The van der Waals surface area contributed by atoms with Gasteiger partial charge in [-0.05, 0) is 25.6 Å². The first-order valence-electron chi connectivity index (χ1n) is 7.47. The summed E-state index contributed by atoms with van der Waals surface area (Å²) in [5.41, 5.74) is 0. The first-order valence-corrected chi connectivity index (χ1v) is 7.47. The van der Waals surface area contributed by atoms with Crippen molar-refractivity contribution in [2.75, 3.05) is 27.4 Å². The van der Waals surface area contributed by atoms with Crippen molar-refractivity contribution < 1.29 is 18.9 Å². The molecule has 21 heavy (non-hydrogen) atoms. The lowest BCUT2D eigenvalue weighted by atomic mass is 9.85. The maximum Gasteiger partial charge on any atom is 0.203 e. The summed E-state index contributed by atoms with van der Waals surface area (Å²) >= 11 is 0. The predicted molar refractivity (Wildman–Crippen MR) is 81.5 cm³/mol. The van der Waals surface area contributed by atoms with Crippen LogP contribution < -0.4 is 19.5 Å². The van der Waals surface area contributed by atoms with Crippen LogP contribution >= 0.6 is 0 Å². The number of hydrogen-bond acceptors (Lipinski definition) is 5. The topological polar surface area (TPSA) is 49.0 Å². The van der Waals surface area contributed by atoms with Gasteiger partial charge in [0.15, 0.2) is 11.5 Å². The number of ether oxygens (including phenoxy) is 4. The first kappa shape index (κ1) is 15.9. The van der Waals surface area contributed by atoms with Crippen LogP contribution in [-0.2, 0) is 4.74 Å². The lowest BCUT2D eigenvalue weighted by Crippen LogP contribution is -2.61. The third kappa shape index (κ3) is 3.41. The Hall–Kier alpha value is -1.46. The molecule has 5 nitrogen and oxygen atoms in total. The Bertz CT molecular complexity index is 430. The SMILES string of the molecule is CCNC1CC(Oc2c(OC)cccc2OC)C1OCC. The van der Waals surface area contributed by atoms with Gasteiger partial charge < -0.3 is 24.3 Å². The predicted octanol–water partition coefficient (Wildman–Crippen LogP) is 2.24. The van der Waals surface area contributed by atoms with Gasteiger partial charge in [-0.15, -0.1) is 0 Å². The van der Waals surface area contributed by atoms with Crippen molar-refractivity contribution in [1.29, 1.82) is 0 Å². The average molecular weight is 295 g/mol. The monoisotopic (exact) mass is 295 g/mol. The summed E-state index contributed by atoms with van der Waals surface area (Å²) in [6.45, 7) is 5.71. The molecule has 1 aromatic carbocycles. The first-order chi connectivity index (χ1) is 10.2. The summed E-state index contributed by atoms with van der Waals surface area (Å²) in [4.78, 5) is 0. The summed E-state index contributed by atoms with van der Waals surface area (Å²) in [7, 11) is 3.26. The van der Waals surface area contributed by atoms with Gasteiger partial charge in [-0.25, -0.2) is 0 Å². The van der Waals surface area contributed by atoms with Crippen LogP contribution in [0.2, 0.25) is 0 Å². The molecule has 1 aromatic rings. The molecule has 1 aliphatic rings. The molecule has 118 valence electrons. The number of benzene rings is 1. The maximum atomic E-state index is 6.12. The molecule has 5 heteroatoms. The van der Waals surface area contributed by atoms with Gasteiger partial charge in [-0.1, -0.05) is 13.0 Å². The molecule has 0 spiro atoms. The van der Waals surface area contributed by atoms with Gasteiger partial charge >= 0.3 is 0 Å². The number of para-hydroxylation sites is 1. The standard InChI is InChI=1S/C16H25NO4/c1-5-17-11-10-14(15(11)20-6-2)21-16-12(18-3)8-7-9-13(16)19-4/h7-9,11,14-15,17H,5-6,10H2,1-4H3. The average Bonchev–Trinajstić information content (AvgIpc) is 2.51. The zero-order chi connectivity index (χ0) is 15.2. The molecular formula is C16H25NO4. The van der Waals surface area contributed by atoms with Crippen molar-refractivity contribution in [2.24, 2.45) is 0 Å². The summed E-state index contributed by atoms with van der Waals surface area (Å²) in [6.07, 6.45) is 0.989. The van der Waals surface area contributed by atoms with E-state index in [0.717, 1.165) is 13.0 Å².